The molecule has 0 aliphatic heterocycles. The van der Waals surface area contributed by atoms with Crippen molar-refractivity contribution < 1.29 is 0 Å². The number of rotatable bonds is 3. The number of hydrogen-bond donors (Lipinski definition) is 2. The lowest BCUT2D eigenvalue weighted by atomic mass is 9.69. The van der Waals surface area contributed by atoms with E-state index in [-0.39, 0.29) is 10.8 Å². The van der Waals surface area contributed by atoms with Crippen LogP contribution in [0.15, 0.2) is 22.7 Å². The van der Waals surface area contributed by atoms with Crippen molar-refractivity contribution in [1.29, 1.82) is 0 Å². The number of nitrogens with two attached hydrogens (primary N) is 1. The molecular formula is C14H23BrN2. The molecule has 96 valence electrons. The normalized spacial score (nSPS) is 12.6. The van der Waals surface area contributed by atoms with Crippen molar-refractivity contribution in [2.24, 2.45) is 10.8 Å². The van der Waals surface area contributed by atoms with E-state index in [0.717, 1.165) is 22.4 Å². The Morgan fingerprint density at radius 3 is 2.24 bits per heavy atom. The lowest BCUT2D eigenvalue weighted by Gasteiger charge is -2.39. The number of halogens is 1. The van der Waals surface area contributed by atoms with E-state index in [1.54, 1.807) is 0 Å². The zero-order valence-electron chi connectivity index (χ0n) is 11.4. The Morgan fingerprint density at radius 2 is 1.76 bits per heavy atom. The fourth-order valence-electron chi connectivity index (χ4n) is 1.28. The molecular weight excluding hydrogens is 276 g/mol. The van der Waals surface area contributed by atoms with Crippen molar-refractivity contribution in [3.05, 3.63) is 22.7 Å². The Morgan fingerprint density at radius 1 is 1.18 bits per heavy atom. The summed E-state index contributed by atoms with van der Waals surface area (Å²) in [7, 11) is 0. The Labute approximate surface area is 113 Å². The van der Waals surface area contributed by atoms with Crippen LogP contribution in [0.25, 0.3) is 0 Å². The Bertz CT molecular complexity index is 392. The van der Waals surface area contributed by atoms with Gasteiger partial charge in [0.25, 0.3) is 0 Å². The van der Waals surface area contributed by atoms with Crippen LogP contribution in [0, 0.1) is 10.8 Å². The van der Waals surface area contributed by atoms with Crippen molar-refractivity contribution in [2.75, 3.05) is 17.6 Å². The molecule has 0 amide bonds. The summed E-state index contributed by atoms with van der Waals surface area (Å²) in [6, 6.07) is 5.94. The molecule has 0 aliphatic rings. The van der Waals surface area contributed by atoms with Gasteiger partial charge in [-0.2, -0.15) is 0 Å². The van der Waals surface area contributed by atoms with E-state index in [1.165, 1.54) is 0 Å². The minimum atomic E-state index is 0.201. The third-order valence-corrected chi connectivity index (χ3v) is 4.26. The van der Waals surface area contributed by atoms with Crippen LogP contribution in [0.1, 0.15) is 34.6 Å². The second-order valence-corrected chi connectivity index (χ2v) is 7.13. The van der Waals surface area contributed by atoms with E-state index in [1.807, 2.05) is 18.2 Å². The molecule has 0 aliphatic carbocycles. The highest BCUT2D eigenvalue weighted by atomic mass is 79.9. The molecule has 0 saturated heterocycles. The summed E-state index contributed by atoms with van der Waals surface area (Å²) < 4.78 is 1.01. The van der Waals surface area contributed by atoms with Crippen LogP contribution in [0.2, 0.25) is 0 Å². The van der Waals surface area contributed by atoms with Crippen LogP contribution >= 0.6 is 15.9 Å². The molecule has 0 aromatic heterocycles. The molecule has 3 N–H and O–H groups in total. The highest BCUT2D eigenvalue weighted by molar-refractivity contribution is 9.10. The molecule has 0 unspecified atom stereocenters. The number of hydrogen-bond acceptors (Lipinski definition) is 2. The first-order valence-electron chi connectivity index (χ1n) is 5.92. The molecule has 0 spiro atoms. The maximum Gasteiger partial charge on any atom is 0.0574 e. The highest BCUT2D eigenvalue weighted by Gasteiger charge is 2.32. The molecule has 0 radical (unpaired) electrons. The lowest BCUT2D eigenvalue weighted by Crippen LogP contribution is -2.36. The van der Waals surface area contributed by atoms with Gasteiger partial charge >= 0.3 is 0 Å². The summed E-state index contributed by atoms with van der Waals surface area (Å²) in [6.07, 6.45) is 0. The largest absolute Gasteiger partial charge is 0.397 e. The predicted molar refractivity (Wildman–Crippen MR) is 80.3 cm³/mol. The van der Waals surface area contributed by atoms with Crippen molar-refractivity contribution in [3.63, 3.8) is 0 Å². The summed E-state index contributed by atoms with van der Waals surface area (Å²) in [6.45, 7) is 12.2. The number of benzene rings is 1. The predicted octanol–water partition coefficient (Wildman–Crippen LogP) is 4.52. The quantitative estimate of drug-likeness (QED) is 0.806. The molecule has 0 atom stereocenters. The minimum absolute atomic E-state index is 0.201. The molecule has 1 rings (SSSR count). The zero-order valence-corrected chi connectivity index (χ0v) is 13.0. The van der Waals surface area contributed by atoms with Crippen LogP contribution in [0.3, 0.4) is 0 Å². The second kappa shape index (κ2) is 4.89. The van der Waals surface area contributed by atoms with Crippen molar-refractivity contribution in [2.45, 2.75) is 34.6 Å². The molecule has 2 nitrogen and oxygen atoms in total. The van der Waals surface area contributed by atoms with E-state index in [9.17, 15) is 0 Å². The van der Waals surface area contributed by atoms with Gasteiger partial charge in [-0.3, -0.25) is 0 Å². The van der Waals surface area contributed by atoms with Gasteiger partial charge in [-0.1, -0.05) is 50.5 Å². The van der Waals surface area contributed by atoms with Crippen LogP contribution in [0.4, 0.5) is 11.4 Å². The van der Waals surface area contributed by atoms with Crippen molar-refractivity contribution in [3.8, 4) is 0 Å². The first kappa shape index (κ1) is 14.4. The van der Waals surface area contributed by atoms with Crippen LogP contribution in [-0.2, 0) is 0 Å². The average molecular weight is 299 g/mol. The third kappa shape index (κ3) is 3.63. The van der Waals surface area contributed by atoms with Gasteiger partial charge in [0.05, 0.1) is 11.4 Å². The number of nitrogen functional groups attached to an aromatic ring is 1. The summed E-state index contributed by atoms with van der Waals surface area (Å²) in [4.78, 5) is 0. The first-order valence-corrected chi connectivity index (χ1v) is 6.72. The summed E-state index contributed by atoms with van der Waals surface area (Å²) in [5.41, 5.74) is 8.21. The maximum atomic E-state index is 5.97. The molecule has 0 bridgehead atoms. The summed E-state index contributed by atoms with van der Waals surface area (Å²) >= 11 is 3.41. The van der Waals surface area contributed by atoms with Gasteiger partial charge < -0.3 is 11.1 Å². The van der Waals surface area contributed by atoms with Crippen LogP contribution in [-0.4, -0.2) is 6.54 Å². The standard InChI is InChI=1S/C14H23BrN2/c1-13(2,3)14(4,5)9-17-12-7-6-10(15)8-11(12)16/h6-8,17H,9,16H2,1-5H3. The fourth-order valence-corrected chi connectivity index (χ4v) is 1.65. The Hall–Kier alpha value is -0.700. The van der Waals surface area contributed by atoms with Gasteiger partial charge in [0.1, 0.15) is 0 Å². The van der Waals surface area contributed by atoms with E-state index >= 15 is 0 Å². The van der Waals surface area contributed by atoms with E-state index in [0.29, 0.717) is 0 Å². The Kier molecular flexibility index (Phi) is 4.13. The van der Waals surface area contributed by atoms with Gasteiger partial charge in [0.2, 0.25) is 0 Å². The van der Waals surface area contributed by atoms with Gasteiger partial charge in [-0.05, 0) is 29.0 Å². The van der Waals surface area contributed by atoms with Crippen LogP contribution in [0.5, 0.6) is 0 Å². The van der Waals surface area contributed by atoms with E-state index < -0.39 is 0 Å². The molecule has 0 saturated carbocycles. The minimum Gasteiger partial charge on any atom is -0.397 e. The SMILES string of the molecule is CC(C)(C)C(C)(C)CNc1ccc(Br)cc1N. The zero-order chi connectivity index (χ0) is 13.3. The number of nitrogens with one attached hydrogen (secondary N) is 1. The monoisotopic (exact) mass is 298 g/mol. The first-order chi connectivity index (χ1) is 7.63. The highest BCUT2D eigenvalue weighted by Crippen LogP contribution is 2.38. The molecule has 0 fully saturated rings. The summed E-state index contributed by atoms with van der Waals surface area (Å²) in [5, 5.41) is 3.44. The number of anilines is 2. The van der Waals surface area contributed by atoms with Crippen molar-refractivity contribution in [1.82, 2.24) is 0 Å². The summed E-state index contributed by atoms with van der Waals surface area (Å²) in [5.74, 6) is 0. The Balaban J connectivity index is 2.74. The molecule has 1 aromatic carbocycles. The maximum absolute atomic E-state index is 5.97. The molecule has 3 heteroatoms. The smallest absolute Gasteiger partial charge is 0.0574 e. The second-order valence-electron chi connectivity index (χ2n) is 6.22. The van der Waals surface area contributed by atoms with Crippen molar-refractivity contribution >= 4 is 27.3 Å². The fraction of sp³-hybridized carbons (Fsp3) is 0.571. The van der Waals surface area contributed by atoms with E-state index in [2.05, 4.69) is 55.9 Å². The van der Waals surface area contributed by atoms with E-state index in [4.69, 9.17) is 5.73 Å². The van der Waals surface area contributed by atoms with Gasteiger partial charge in [-0.15, -0.1) is 0 Å². The van der Waals surface area contributed by atoms with Gasteiger partial charge in [0.15, 0.2) is 0 Å². The average Bonchev–Trinajstić information content (AvgIpc) is 2.14. The van der Waals surface area contributed by atoms with Gasteiger partial charge in [-0.25, -0.2) is 0 Å². The topological polar surface area (TPSA) is 38.0 Å². The van der Waals surface area contributed by atoms with Gasteiger partial charge in [0, 0.05) is 11.0 Å². The van der Waals surface area contributed by atoms with Crippen LogP contribution < -0.4 is 11.1 Å². The molecule has 0 heterocycles. The lowest BCUT2D eigenvalue weighted by molar-refractivity contribution is 0.148. The molecule has 1 aromatic rings. The third-order valence-electron chi connectivity index (χ3n) is 3.76. The molecule has 17 heavy (non-hydrogen) atoms.